The second-order valence-electron chi connectivity index (χ2n) is 5.37. The van der Waals surface area contributed by atoms with E-state index < -0.39 is 0 Å². The maximum absolute atomic E-state index is 4.90. The molecule has 0 aliphatic carbocycles. The zero-order valence-corrected chi connectivity index (χ0v) is 14.6. The number of hydrogen-bond donors (Lipinski definition) is 1. The zero-order valence-electron chi connectivity index (χ0n) is 13.8. The molecule has 116 valence electrons. The minimum Gasteiger partial charge on any atom is -0.348 e. The number of thiazole rings is 1. The summed E-state index contributed by atoms with van der Waals surface area (Å²) < 4.78 is 0. The third-order valence-corrected chi connectivity index (χ3v) is 4.95. The SMILES string of the molecule is CCCNCc1sc(N(C)C(CC)CC)nc1CCC. The second kappa shape index (κ2) is 9.35. The van der Waals surface area contributed by atoms with Gasteiger partial charge in [-0.05, 0) is 32.2 Å². The van der Waals surface area contributed by atoms with E-state index in [1.807, 2.05) is 11.3 Å². The van der Waals surface area contributed by atoms with E-state index in [1.54, 1.807) is 0 Å². The standard InChI is InChI=1S/C16H31N3S/c1-6-10-14-15(12-17-11-7-2)20-16(18-14)19(5)13(8-3)9-4/h13,17H,6-12H2,1-5H3. The van der Waals surface area contributed by atoms with Gasteiger partial charge in [0.1, 0.15) is 0 Å². The lowest BCUT2D eigenvalue weighted by molar-refractivity contribution is 0.590. The molecule has 0 saturated carbocycles. The van der Waals surface area contributed by atoms with Crippen LogP contribution in [0.5, 0.6) is 0 Å². The number of nitrogens with zero attached hydrogens (tertiary/aromatic N) is 2. The summed E-state index contributed by atoms with van der Waals surface area (Å²) in [6.45, 7) is 11.0. The molecule has 0 fully saturated rings. The van der Waals surface area contributed by atoms with Gasteiger partial charge in [-0.1, -0.05) is 34.1 Å². The van der Waals surface area contributed by atoms with Crippen LogP contribution in [0.4, 0.5) is 5.13 Å². The van der Waals surface area contributed by atoms with Crippen molar-refractivity contribution in [3.8, 4) is 0 Å². The number of hydrogen-bond acceptors (Lipinski definition) is 4. The molecule has 0 aliphatic rings. The maximum atomic E-state index is 4.90. The van der Waals surface area contributed by atoms with Crippen molar-refractivity contribution in [2.75, 3.05) is 18.5 Å². The van der Waals surface area contributed by atoms with Crippen molar-refractivity contribution in [1.82, 2.24) is 10.3 Å². The highest BCUT2D eigenvalue weighted by molar-refractivity contribution is 7.15. The summed E-state index contributed by atoms with van der Waals surface area (Å²) in [4.78, 5) is 8.69. The lowest BCUT2D eigenvalue weighted by atomic mass is 10.1. The Morgan fingerprint density at radius 1 is 1.15 bits per heavy atom. The first-order chi connectivity index (χ1) is 9.67. The Kier molecular flexibility index (Phi) is 8.15. The van der Waals surface area contributed by atoms with Crippen molar-refractivity contribution in [1.29, 1.82) is 0 Å². The molecule has 0 atom stereocenters. The predicted octanol–water partition coefficient (Wildman–Crippen LogP) is 4.22. The van der Waals surface area contributed by atoms with Crippen LogP contribution in [0.2, 0.25) is 0 Å². The Hall–Kier alpha value is -0.610. The monoisotopic (exact) mass is 297 g/mol. The fourth-order valence-corrected chi connectivity index (χ4v) is 3.57. The first-order valence-electron chi connectivity index (χ1n) is 8.09. The Bertz CT molecular complexity index is 372. The Morgan fingerprint density at radius 2 is 1.85 bits per heavy atom. The van der Waals surface area contributed by atoms with Gasteiger partial charge in [0, 0.05) is 24.5 Å². The Morgan fingerprint density at radius 3 is 2.40 bits per heavy atom. The third-order valence-electron chi connectivity index (χ3n) is 3.76. The molecule has 0 spiro atoms. The molecule has 1 aromatic rings. The van der Waals surface area contributed by atoms with Crippen LogP contribution in [0.1, 0.15) is 63.9 Å². The molecule has 0 unspecified atom stereocenters. The predicted molar refractivity (Wildman–Crippen MR) is 90.9 cm³/mol. The van der Waals surface area contributed by atoms with Crippen LogP contribution >= 0.6 is 11.3 Å². The van der Waals surface area contributed by atoms with Gasteiger partial charge >= 0.3 is 0 Å². The number of nitrogens with one attached hydrogen (secondary N) is 1. The number of aromatic nitrogens is 1. The van der Waals surface area contributed by atoms with E-state index in [9.17, 15) is 0 Å². The van der Waals surface area contributed by atoms with Crippen LogP contribution in [0.3, 0.4) is 0 Å². The molecule has 1 heterocycles. The van der Waals surface area contributed by atoms with Gasteiger partial charge in [0.2, 0.25) is 0 Å². The first-order valence-corrected chi connectivity index (χ1v) is 8.91. The summed E-state index contributed by atoms with van der Waals surface area (Å²) in [5, 5.41) is 4.70. The largest absolute Gasteiger partial charge is 0.348 e. The molecule has 1 rings (SSSR count). The van der Waals surface area contributed by atoms with E-state index in [-0.39, 0.29) is 0 Å². The zero-order chi connectivity index (χ0) is 15.0. The normalized spacial score (nSPS) is 11.3. The van der Waals surface area contributed by atoms with E-state index in [0.717, 1.165) is 19.5 Å². The summed E-state index contributed by atoms with van der Waals surface area (Å²) in [7, 11) is 2.19. The van der Waals surface area contributed by atoms with Crippen LogP contribution in [0.15, 0.2) is 0 Å². The van der Waals surface area contributed by atoms with E-state index >= 15 is 0 Å². The molecular weight excluding hydrogens is 266 g/mol. The molecule has 0 aromatic carbocycles. The highest BCUT2D eigenvalue weighted by atomic mass is 32.1. The quantitative estimate of drug-likeness (QED) is 0.655. The summed E-state index contributed by atoms with van der Waals surface area (Å²) in [6, 6.07) is 0.604. The van der Waals surface area contributed by atoms with E-state index in [2.05, 4.69) is 45.0 Å². The molecule has 0 saturated heterocycles. The molecular formula is C16H31N3S. The minimum atomic E-state index is 0.604. The van der Waals surface area contributed by atoms with Crippen LogP contribution in [0.25, 0.3) is 0 Å². The van der Waals surface area contributed by atoms with Crippen molar-refractivity contribution < 1.29 is 0 Å². The third kappa shape index (κ3) is 4.74. The van der Waals surface area contributed by atoms with Crippen molar-refractivity contribution >= 4 is 16.5 Å². The molecule has 20 heavy (non-hydrogen) atoms. The van der Waals surface area contributed by atoms with Gasteiger partial charge in [0.25, 0.3) is 0 Å². The second-order valence-corrected chi connectivity index (χ2v) is 6.44. The summed E-state index contributed by atoms with van der Waals surface area (Å²) in [6.07, 6.45) is 5.80. The number of aryl methyl sites for hydroxylation is 1. The summed E-state index contributed by atoms with van der Waals surface area (Å²) in [5.41, 5.74) is 1.30. The van der Waals surface area contributed by atoms with E-state index in [4.69, 9.17) is 4.98 Å². The minimum absolute atomic E-state index is 0.604. The Balaban J connectivity index is 2.83. The van der Waals surface area contributed by atoms with Gasteiger partial charge < -0.3 is 10.2 Å². The van der Waals surface area contributed by atoms with E-state index in [1.165, 1.54) is 41.4 Å². The van der Waals surface area contributed by atoms with E-state index in [0.29, 0.717) is 6.04 Å². The highest BCUT2D eigenvalue weighted by Gasteiger charge is 2.17. The van der Waals surface area contributed by atoms with Gasteiger partial charge in [-0.15, -0.1) is 11.3 Å². The average Bonchev–Trinajstić information content (AvgIpc) is 2.84. The van der Waals surface area contributed by atoms with Crippen LogP contribution in [-0.2, 0) is 13.0 Å². The lowest BCUT2D eigenvalue weighted by Crippen LogP contribution is -2.30. The van der Waals surface area contributed by atoms with Gasteiger partial charge in [-0.25, -0.2) is 4.98 Å². The number of anilines is 1. The van der Waals surface area contributed by atoms with Crippen LogP contribution in [-0.4, -0.2) is 24.6 Å². The van der Waals surface area contributed by atoms with Crippen molar-refractivity contribution in [2.45, 2.75) is 72.4 Å². The Labute approximate surface area is 128 Å². The van der Waals surface area contributed by atoms with Crippen molar-refractivity contribution in [2.24, 2.45) is 0 Å². The molecule has 0 aliphatic heterocycles. The molecule has 0 bridgehead atoms. The van der Waals surface area contributed by atoms with Crippen LogP contribution in [0, 0.1) is 0 Å². The molecule has 0 amide bonds. The summed E-state index contributed by atoms with van der Waals surface area (Å²) >= 11 is 1.87. The topological polar surface area (TPSA) is 28.2 Å². The van der Waals surface area contributed by atoms with Crippen molar-refractivity contribution in [3.05, 3.63) is 10.6 Å². The average molecular weight is 298 g/mol. The lowest BCUT2D eigenvalue weighted by Gasteiger charge is -2.25. The van der Waals surface area contributed by atoms with Gasteiger partial charge in [-0.3, -0.25) is 0 Å². The summed E-state index contributed by atoms with van der Waals surface area (Å²) in [5.74, 6) is 0. The van der Waals surface area contributed by atoms with Crippen molar-refractivity contribution in [3.63, 3.8) is 0 Å². The molecule has 4 heteroatoms. The smallest absolute Gasteiger partial charge is 0.185 e. The molecule has 0 radical (unpaired) electrons. The number of rotatable bonds is 10. The van der Waals surface area contributed by atoms with Gasteiger partial charge in [0.05, 0.1) is 5.69 Å². The first kappa shape index (κ1) is 17.4. The van der Waals surface area contributed by atoms with Gasteiger partial charge in [0.15, 0.2) is 5.13 Å². The van der Waals surface area contributed by atoms with Gasteiger partial charge in [-0.2, -0.15) is 0 Å². The fourth-order valence-electron chi connectivity index (χ4n) is 2.46. The van der Waals surface area contributed by atoms with Crippen LogP contribution < -0.4 is 10.2 Å². The molecule has 1 aromatic heterocycles. The molecule has 3 nitrogen and oxygen atoms in total. The maximum Gasteiger partial charge on any atom is 0.185 e. The highest BCUT2D eigenvalue weighted by Crippen LogP contribution is 2.29. The fraction of sp³-hybridized carbons (Fsp3) is 0.812. The molecule has 1 N–H and O–H groups in total.